The van der Waals surface area contributed by atoms with Gasteiger partial charge in [0, 0.05) is 29.5 Å². The van der Waals surface area contributed by atoms with Gasteiger partial charge in [0.25, 0.3) is 0 Å². The maximum absolute atomic E-state index is 4.50. The highest BCUT2D eigenvalue weighted by atomic mass is 15.3. The second-order valence-corrected chi connectivity index (χ2v) is 5.06. The van der Waals surface area contributed by atoms with Crippen molar-refractivity contribution in [1.29, 1.82) is 0 Å². The third-order valence-corrected chi connectivity index (χ3v) is 3.72. The molecule has 21 heavy (non-hydrogen) atoms. The number of nitrogens with zero attached hydrogens (tertiary/aromatic N) is 3. The van der Waals surface area contributed by atoms with Crippen LogP contribution in [-0.2, 0) is 0 Å². The summed E-state index contributed by atoms with van der Waals surface area (Å²) in [6.07, 6.45) is 7.69. The second kappa shape index (κ2) is 4.59. The summed E-state index contributed by atoms with van der Waals surface area (Å²) in [7, 11) is 0. The zero-order chi connectivity index (χ0) is 14.2. The number of aromatic amines is 1. The van der Waals surface area contributed by atoms with E-state index >= 15 is 0 Å². The second-order valence-electron chi connectivity index (χ2n) is 5.06. The standard InChI is InChI=1S/C17H14N4/c1-12-4-2-3-5-16(12)21-11-13(10-20-21)14-6-8-18-17-15(14)7-9-19-17/h2-11H,1H3,(H,18,19). The minimum absolute atomic E-state index is 0.899. The Balaban J connectivity index is 1.85. The van der Waals surface area contributed by atoms with Gasteiger partial charge < -0.3 is 4.98 Å². The van der Waals surface area contributed by atoms with Crippen molar-refractivity contribution < 1.29 is 0 Å². The molecule has 0 bridgehead atoms. The van der Waals surface area contributed by atoms with Gasteiger partial charge in [-0.25, -0.2) is 9.67 Å². The number of rotatable bonds is 2. The first-order chi connectivity index (χ1) is 10.3. The van der Waals surface area contributed by atoms with E-state index in [2.05, 4.69) is 40.3 Å². The Bertz CT molecular complexity index is 917. The molecule has 0 spiro atoms. The number of hydrogen-bond donors (Lipinski definition) is 1. The van der Waals surface area contributed by atoms with E-state index in [0.717, 1.165) is 27.8 Å². The van der Waals surface area contributed by atoms with E-state index in [0.29, 0.717) is 0 Å². The van der Waals surface area contributed by atoms with Crippen molar-refractivity contribution in [2.24, 2.45) is 0 Å². The zero-order valence-corrected chi connectivity index (χ0v) is 11.6. The molecule has 0 fully saturated rings. The Labute approximate surface area is 122 Å². The average Bonchev–Trinajstić information content (AvgIpc) is 3.16. The molecule has 0 saturated heterocycles. The van der Waals surface area contributed by atoms with Crippen LogP contribution in [0.15, 0.2) is 61.2 Å². The molecule has 0 radical (unpaired) electrons. The number of benzene rings is 1. The Morgan fingerprint density at radius 1 is 1.10 bits per heavy atom. The molecule has 4 nitrogen and oxygen atoms in total. The maximum atomic E-state index is 4.50. The SMILES string of the molecule is Cc1ccccc1-n1cc(-c2ccnc3[nH]ccc23)cn1. The highest BCUT2D eigenvalue weighted by molar-refractivity contribution is 5.92. The molecule has 4 aromatic rings. The van der Waals surface area contributed by atoms with Crippen LogP contribution in [0.4, 0.5) is 0 Å². The highest BCUT2D eigenvalue weighted by Crippen LogP contribution is 2.27. The van der Waals surface area contributed by atoms with Crippen LogP contribution in [0.1, 0.15) is 5.56 Å². The number of aromatic nitrogens is 4. The largest absolute Gasteiger partial charge is 0.346 e. The third-order valence-electron chi connectivity index (χ3n) is 3.72. The van der Waals surface area contributed by atoms with Gasteiger partial charge in [-0.3, -0.25) is 0 Å². The first kappa shape index (κ1) is 11.9. The van der Waals surface area contributed by atoms with Gasteiger partial charge in [0.05, 0.1) is 11.9 Å². The van der Waals surface area contributed by atoms with Crippen molar-refractivity contribution in [3.63, 3.8) is 0 Å². The topological polar surface area (TPSA) is 46.5 Å². The molecule has 1 aromatic carbocycles. The van der Waals surface area contributed by atoms with Crippen LogP contribution < -0.4 is 0 Å². The summed E-state index contributed by atoms with van der Waals surface area (Å²) in [6, 6.07) is 12.3. The zero-order valence-electron chi connectivity index (χ0n) is 11.6. The fraction of sp³-hybridized carbons (Fsp3) is 0.0588. The highest BCUT2D eigenvalue weighted by Gasteiger charge is 2.09. The van der Waals surface area contributed by atoms with Crippen molar-refractivity contribution >= 4 is 11.0 Å². The van der Waals surface area contributed by atoms with Crippen LogP contribution in [0.25, 0.3) is 27.8 Å². The third kappa shape index (κ3) is 1.92. The monoisotopic (exact) mass is 274 g/mol. The number of pyridine rings is 1. The van der Waals surface area contributed by atoms with Crippen molar-refractivity contribution in [3.8, 4) is 16.8 Å². The molecule has 0 saturated carbocycles. The van der Waals surface area contributed by atoms with Crippen LogP contribution in [0.5, 0.6) is 0 Å². The van der Waals surface area contributed by atoms with Crippen LogP contribution >= 0.6 is 0 Å². The molecule has 3 heterocycles. The Hall–Kier alpha value is -2.88. The fourth-order valence-electron chi connectivity index (χ4n) is 2.63. The molecule has 0 aliphatic rings. The Morgan fingerprint density at radius 2 is 2.00 bits per heavy atom. The maximum Gasteiger partial charge on any atom is 0.137 e. The van der Waals surface area contributed by atoms with E-state index < -0.39 is 0 Å². The molecule has 3 aromatic heterocycles. The van der Waals surface area contributed by atoms with Crippen LogP contribution in [0, 0.1) is 6.92 Å². The normalized spacial score (nSPS) is 11.1. The summed E-state index contributed by atoms with van der Waals surface area (Å²) >= 11 is 0. The molecule has 0 aliphatic heterocycles. The molecule has 4 heteroatoms. The number of hydrogen-bond acceptors (Lipinski definition) is 2. The lowest BCUT2D eigenvalue weighted by molar-refractivity contribution is 0.873. The van der Waals surface area contributed by atoms with E-state index in [4.69, 9.17) is 0 Å². The Morgan fingerprint density at radius 3 is 2.90 bits per heavy atom. The van der Waals surface area contributed by atoms with Gasteiger partial charge in [-0.05, 0) is 36.2 Å². The van der Waals surface area contributed by atoms with Crippen molar-refractivity contribution in [2.45, 2.75) is 6.92 Å². The molecule has 0 amide bonds. The van der Waals surface area contributed by atoms with E-state index in [1.165, 1.54) is 5.56 Å². The predicted molar refractivity (Wildman–Crippen MR) is 83.4 cm³/mol. The molecular weight excluding hydrogens is 260 g/mol. The van der Waals surface area contributed by atoms with E-state index in [1.54, 1.807) is 0 Å². The van der Waals surface area contributed by atoms with Crippen LogP contribution in [0.3, 0.4) is 0 Å². The van der Waals surface area contributed by atoms with Gasteiger partial charge in [-0.2, -0.15) is 5.10 Å². The average molecular weight is 274 g/mol. The number of aryl methyl sites for hydroxylation is 1. The smallest absolute Gasteiger partial charge is 0.137 e. The van der Waals surface area contributed by atoms with Gasteiger partial charge in [0.2, 0.25) is 0 Å². The van der Waals surface area contributed by atoms with Crippen LogP contribution in [0.2, 0.25) is 0 Å². The summed E-state index contributed by atoms with van der Waals surface area (Å²) in [4.78, 5) is 7.46. The van der Waals surface area contributed by atoms with E-state index in [9.17, 15) is 0 Å². The van der Waals surface area contributed by atoms with Gasteiger partial charge in [0.15, 0.2) is 0 Å². The van der Waals surface area contributed by atoms with Gasteiger partial charge in [0.1, 0.15) is 5.65 Å². The summed E-state index contributed by atoms with van der Waals surface area (Å²) < 4.78 is 1.92. The molecule has 0 atom stereocenters. The first-order valence-corrected chi connectivity index (χ1v) is 6.86. The van der Waals surface area contributed by atoms with Crippen molar-refractivity contribution in [2.75, 3.05) is 0 Å². The fourth-order valence-corrected chi connectivity index (χ4v) is 2.63. The first-order valence-electron chi connectivity index (χ1n) is 6.86. The Kier molecular flexibility index (Phi) is 2.60. The molecule has 0 unspecified atom stereocenters. The lowest BCUT2D eigenvalue weighted by Crippen LogP contribution is -1.96. The van der Waals surface area contributed by atoms with Crippen molar-refractivity contribution in [1.82, 2.24) is 19.7 Å². The summed E-state index contributed by atoms with van der Waals surface area (Å²) in [5.41, 5.74) is 5.43. The van der Waals surface area contributed by atoms with Gasteiger partial charge >= 0.3 is 0 Å². The molecular formula is C17H14N4. The summed E-state index contributed by atoms with van der Waals surface area (Å²) in [5.74, 6) is 0. The van der Waals surface area contributed by atoms with Crippen LogP contribution in [-0.4, -0.2) is 19.7 Å². The minimum Gasteiger partial charge on any atom is -0.346 e. The lowest BCUT2D eigenvalue weighted by atomic mass is 10.1. The number of H-pyrrole nitrogens is 1. The van der Waals surface area contributed by atoms with E-state index in [-0.39, 0.29) is 0 Å². The molecule has 1 N–H and O–H groups in total. The lowest BCUT2D eigenvalue weighted by Gasteiger charge is -2.04. The molecule has 102 valence electrons. The summed E-state index contributed by atoms with van der Waals surface area (Å²) in [6.45, 7) is 2.09. The van der Waals surface area contributed by atoms with Gasteiger partial charge in [-0.15, -0.1) is 0 Å². The van der Waals surface area contributed by atoms with E-state index in [1.807, 2.05) is 47.5 Å². The quantitative estimate of drug-likeness (QED) is 0.605. The van der Waals surface area contributed by atoms with Gasteiger partial charge in [-0.1, -0.05) is 18.2 Å². The number of para-hydroxylation sites is 1. The molecule has 0 aliphatic carbocycles. The minimum atomic E-state index is 0.899. The number of fused-ring (bicyclic) bond motifs is 1. The predicted octanol–water partition coefficient (Wildman–Crippen LogP) is 3.72. The van der Waals surface area contributed by atoms with Crippen molar-refractivity contribution in [3.05, 3.63) is 66.7 Å². The molecule has 4 rings (SSSR count). The number of nitrogens with one attached hydrogen (secondary N) is 1. The summed E-state index contributed by atoms with van der Waals surface area (Å²) in [5, 5.41) is 5.61.